The number of aldehydes is 1. The van der Waals surface area contributed by atoms with Gasteiger partial charge < -0.3 is 15.3 Å². The van der Waals surface area contributed by atoms with Gasteiger partial charge in [0.25, 0.3) is 0 Å². The standard InChI is InChI=1S/C9H19NO2/c1-4-7(2)9(10)8(12-3)5-6-11/h6-9H,4-5,10H2,1-3H3/t7?,8?,9-/m0/s1. The lowest BCUT2D eigenvalue weighted by Gasteiger charge is -2.25. The van der Waals surface area contributed by atoms with E-state index >= 15 is 0 Å². The van der Waals surface area contributed by atoms with Gasteiger partial charge in [0.2, 0.25) is 0 Å². The highest BCUT2D eigenvalue weighted by Crippen LogP contribution is 2.12. The molecule has 0 heterocycles. The maximum absolute atomic E-state index is 10.3. The molecular weight excluding hydrogens is 154 g/mol. The third-order valence-electron chi connectivity index (χ3n) is 2.36. The number of hydrogen-bond donors (Lipinski definition) is 1. The Balaban J connectivity index is 3.99. The average Bonchev–Trinajstić information content (AvgIpc) is 2.11. The molecule has 0 aliphatic carbocycles. The van der Waals surface area contributed by atoms with Crippen molar-refractivity contribution in [2.24, 2.45) is 11.7 Å². The molecule has 72 valence electrons. The van der Waals surface area contributed by atoms with Gasteiger partial charge in [-0.15, -0.1) is 0 Å². The maximum Gasteiger partial charge on any atom is 0.122 e. The molecule has 2 unspecified atom stereocenters. The molecule has 0 radical (unpaired) electrons. The molecular formula is C9H19NO2. The molecule has 12 heavy (non-hydrogen) atoms. The lowest BCUT2D eigenvalue weighted by atomic mass is 9.94. The highest BCUT2D eigenvalue weighted by molar-refractivity contribution is 5.50. The second-order valence-electron chi connectivity index (χ2n) is 3.14. The fourth-order valence-corrected chi connectivity index (χ4v) is 1.14. The zero-order valence-corrected chi connectivity index (χ0v) is 8.12. The second kappa shape index (κ2) is 6.14. The van der Waals surface area contributed by atoms with Crippen LogP contribution in [0.15, 0.2) is 0 Å². The lowest BCUT2D eigenvalue weighted by molar-refractivity contribution is -0.110. The number of ether oxygens (including phenoxy) is 1. The van der Waals surface area contributed by atoms with Crippen LogP contribution in [0.25, 0.3) is 0 Å². The summed E-state index contributed by atoms with van der Waals surface area (Å²) >= 11 is 0. The summed E-state index contributed by atoms with van der Waals surface area (Å²) in [5.74, 6) is 0.398. The molecule has 3 atom stereocenters. The molecule has 0 amide bonds. The second-order valence-corrected chi connectivity index (χ2v) is 3.14. The summed E-state index contributed by atoms with van der Waals surface area (Å²) in [5.41, 5.74) is 5.88. The first kappa shape index (κ1) is 11.6. The van der Waals surface area contributed by atoms with E-state index in [0.29, 0.717) is 12.3 Å². The van der Waals surface area contributed by atoms with Gasteiger partial charge in [-0.25, -0.2) is 0 Å². The van der Waals surface area contributed by atoms with E-state index in [1.807, 2.05) is 0 Å². The molecule has 2 N–H and O–H groups in total. The first-order chi connectivity index (χ1) is 5.67. The number of methoxy groups -OCH3 is 1. The fraction of sp³-hybridized carbons (Fsp3) is 0.889. The van der Waals surface area contributed by atoms with Gasteiger partial charge in [-0.1, -0.05) is 20.3 Å². The van der Waals surface area contributed by atoms with E-state index in [1.54, 1.807) is 7.11 Å². The highest BCUT2D eigenvalue weighted by Gasteiger charge is 2.21. The van der Waals surface area contributed by atoms with Crippen molar-refractivity contribution in [3.63, 3.8) is 0 Å². The summed E-state index contributed by atoms with van der Waals surface area (Å²) in [6.45, 7) is 4.15. The van der Waals surface area contributed by atoms with Gasteiger partial charge in [0, 0.05) is 19.6 Å². The van der Waals surface area contributed by atoms with Crippen LogP contribution in [0.2, 0.25) is 0 Å². The van der Waals surface area contributed by atoms with E-state index < -0.39 is 0 Å². The minimum Gasteiger partial charge on any atom is -0.379 e. The number of carbonyl (C=O) groups is 1. The first-order valence-corrected chi connectivity index (χ1v) is 4.39. The van der Waals surface area contributed by atoms with Crippen molar-refractivity contribution in [2.75, 3.05) is 7.11 Å². The molecule has 0 aromatic carbocycles. The van der Waals surface area contributed by atoms with Gasteiger partial charge in [-0.3, -0.25) is 0 Å². The van der Waals surface area contributed by atoms with Crippen LogP contribution in [-0.2, 0) is 9.53 Å². The van der Waals surface area contributed by atoms with Crippen LogP contribution in [0.1, 0.15) is 26.7 Å². The molecule has 0 aromatic rings. The molecule has 0 aliphatic rings. The van der Waals surface area contributed by atoms with E-state index in [4.69, 9.17) is 10.5 Å². The average molecular weight is 173 g/mol. The largest absolute Gasteiger partial charge is 0.379 e. The Labute approximate surface area is 74.3 Å². The summed E-state index contributed by atoms with van der Waals surface area (Å²) in [6, 6.07) is -0.0369. The minimum absolute atomic E-state index is 0.0369. The van der Waals surface area contributed by atoms with Crippen LogP contribution >= 0.6 is 0 Å². The summed E-state index contributed by atoms with van der Waals surface area (Å²) in [4.78, 5) is 10.3. The number of hydrogen-bond acceptors (Lipinski definition) is 3. The Kier molecular flexibility index (Phi) is 5.93. The van der Waals surface area contributed by atoms with Crippen LogP contribution in [0.3, 0.4) is 0 Å². The predicted octanol–water partition coefficient (Wildman–Crippen LogP) is 0.964. The zero-order valence-electron chi connectivity index (χ0n) is 8.12. The Hall–Kier alpha value is -0.410. The van der Waals surface area contributed by atoms with E-state index in [-0.39, 0.29) is 12.1 Å². The van der Waals surface area contributed by atoms with Crippen molar-refractivity contribution in [1.29, 1.82) is 0 Å². The highest BCUT2D eigenvalue weighted by atomic mass is 16.5. The van der Waals surface area contributed by atoms with Crippen molar-refractivity contribution in [3.05, 3.63) is 0 Å². The molecule has 0 saturated heterocycles. The summed E-state index contributed by atoms with van der Waals surface area (Å²) in [5, 5.41) is 0. The lowest BCUT2D eigenvalue weighted by Crippen LogP contribution is -2.41. The van der Waals surface area contributed by atoms with Gasteiger partial charge in [0.1, 0.15) is 6.29 Å². The van der Waals surface area contributed by atoms with Crippen molar-refractivity contribution in [3.8, 4) is 0 Å². The van der Waals surface area contributed by atoms with E-state index in [9.17, 15) is 4.79 Å². The van der Waals surface area contributed by atoms with E-state index in [1.165, 1.54) is 0 Å². The molecule has 0 aliphatic heterocycles. The van der Waals surface area contributed by atoms with Crippen molar-refractivity contribution >= 4 is 6.29 Å². The normalized spacial score (nSPS) is 18.3. The summed E-state index contributed by atoms with van der Waals surface area (Å²) < 4.78 is 5.12. The number of nitrogens with two attached hydrogens (primary N) is 1. The van der Waals surface area contributed by atoms with E-state index in [2.05, 4.69) is 13.8 Å². The van der Waals surface area contributed by atoms with Crippen molar-refractivity contribution < 1.29 is 9.53 Å². The zero-order chi connectivity index (χ0) is 9.56. The SMILES string of the molecule is CCC(C)[C@H](N)C(CC=O)OC. The molecule has 3 heteroatoms. The summed E-state index contributed by atoms with van der Waals surface area (Å²) in [6.07, 6.45) is 2.13. The topological polar surface area (TPSA) is 52.3 Å². The number of rotatable bonds is 6. The van der Waals surface area contributed by atoms with Gasteiger partial charge in [0.05, 0.1) is 6.10 Å². The Bertz CT molecular complexity index is 128. The van der Waals surface area contributed by atoms with Crippen LogP contribution in [0.4, 0.5) is 0 Å². The van der Waals surface area contributed by atoms with E-state index in [0.717, 1.165) is 12.7 Å². The monoisotopic (exact) mass is 173 g/mol. The molecule has 0 rings (SSSR count). The molecule has 0 bridgehead atoms. The molecule has 3 nitrogen and oxygen atoms in total. The summed E-state index contributed by atoms with van der Waals surface area (Å²) in [7, 11) is 1.59. The van der Waals surface area contributed by atoms with Gasteiger partial charge in [0.15, 0.2) is 0 Å². The minimum atomic E-state index is -0.127. The Morgan fingerprint density at radius 1 is 1.58 bits per heavy atom. The smallest absolute Gasteiger partial charge is 0.122 e. The van der Waals surface area contributed by atoms with Crippen LogP contribution in [-0.4, -0.2) is 25.5 Å². The van der Waals surface area contributed by atoms with Crippen LogP contribution in [0.5, 0.6) is 0 Å². The fourth-order valence-electron chi connectivity index (χ4n) is 1.14. The van der Waals surface area contributed by atoms with Crippen molar-refractivity contribution in [2.45, 2.75) is 38.8 Å². The maximum atomic E-state index is 10.3. The van der Waals surface area contributed by atoms with Crippen molar-refractivity contribution in [1.82, 2.24) is 0 Å². The quantitative estimate of drug-likeness (QED) is 0.609. The third-order valence-corrected chi connectivity index (χ3v) is 2.36. The van der Waals surface area contributed by atoms with Gasteiger partial charge >= 0.3 is 0 Å². The Morgan fingerprint density at radius 3 is 2.50 bits per heavy atom. The van der Waals surface area contributed by atoms with Crippen LogP contribution in [0, 0.1) is 5.92 Å². The number of carbonyl (C=O) groups excluding carboxylic acids is 1. The molecule has 0 aromatic heterocycles. The molecule has 0 spiro atoms. The first-order valence-electron chi connectivity index (χ1n) is 4.39. The predicted molar refractivity (Wildman–Crippen MR) is 48.9 cm³/mol. The van der Waals surface area contributed by atoms with Crippen LogP contribution < -0.4 is 5.73 Å². The Morgan fingerprint density at radius 2 is 2.17 bits per heavy atom. The third kappa shape index (κ3) is 3.32. The van der Waals surface area contributed by atoms with Gasteiger partial charge in [-0.05, 0) is 5.92 Å². The molecule has 0 saturated carbocycles. The molecule has 0 fully saturated rings. The van der Waals surface area contributed by atoms with Gasteiger partial charge in [-0.2, -0.15) is 0 Å².